The second-order valence-corrected chi connectivity index (χ2v) is 6.16. The standard InChI is InChI=1S/C20H17FN4O/c21-16-5-7-17(8-6-16)24-19-12-22-18(11-23-19)20(26)25-10-9-14-3-1-2-4-15(14)13-25/h1-8,11-12H,9-10,13H2,(H,23,24). The van der Waals surface area contributed by atoms with Crippen molar-refractivity contribution in [2.75, 3.05) is 11.9 Å². The third kappa shape index (κ3) is 3.39. The molecular weight excluding hydrogens is 331 g/mol. The number of amides is 1. The summed E-state index contributed by atoms with van der Waals surface area (Å²) >= 11 is 0. The molecule has 1 N–H and O–H groups in total. The number of nitrogens with one attached hydrogen (secondary N) is 1. The van der Waals surface area contributed by atoms with Gasteiger partial charge in [-0.05, 0) is 41.8 Å². The van der Waals surface area contributed by atoms with Crippen molar-refractivity contribution in [3.8, 4) is 0 Å². The molecule has 3 aromatic rings. The zero-order valence-corrected chi connectivity index (χ0v) is 14.0. The molecule has 0 fully saturated rings. The number of hydrogen-bond acceptors (Lipinski definition) is 4. The molecule has 26 heavy (non-hydrogen) atoms. The van der Waals surface area contributed by atoms with Gasteiger partial charge in [-0.25, -0.2) is 14.4 Å². The maximum absolute atomic E-state index is 12.9. The van der Waals surface area contributed by atoms with Crippen molar-refractivity contribution in [3.05, 3.63) is 83.6 Å². The second-order valence-electron chi connectivity index (χ2n) is 6.16. The van der Waals surface area contributed by atoms with Crippen molar-refractivity contribution in [3.63, 3.8) is 0 Å². The molecule has 0 spiro atoms. The van der Waals surface area contributed by atoms with Gasteiger partial charge in [0.2, 0.25) is 0 Å². The average Bonchev–Trinajstić information content (AvgIpc) is 2.69. The number of rotatable bonds is 3. The number of carbonyl (C=O) groups is 1. The van der Waals surface area contributed by atoms with E-state index in [-0.39, 0.29) is 11.7 Å². The fourth-order valence-corrected chi connectivity index (χ4v) is 3.02. The van der Waals surface area contributed by atoms with Crippen LogP contribution in [0, 0.1) is 5.82 Å². The van der Waals surface area contributed by atoms with E-state index in [2.05, 4.69) is 27.4 Å². The molecule has 1 aliphatic heterocycles. The maximum atomic E-state index is 12.9. The molecule has 1 aromatic heterocycles. The molecule has 1 amide bonds. The zero-order valence-electron chi connectivity index (χ0n) is 14.0. The van der Waals surface area contributed by atoms with Crippen LogP contribution in [0.25, 0.3) is 0 Å². The lowest BCUT2D eigenvalue weighted by molar-refractivity contribution is 0.0728. The van der Waals surface area contributed by atoms with Crippen LogP contribution in [0.15, 0.2) is 60.9 Å². The molecular formula is C20H17FN4O. The van der Waals surface area contributed by atoms with E-state index in [1.807, 2.05) is 12.1 Å². The van der Waals surface area contributed by atoms with Crippen LogP contribution < -0.4 is 5.32 Å². The van der Waals surface area contributed by atoms with E-state index in [1.165, 1.54) is 35.7 Å². The van der Waals surface area contributed by atoms with Crippen LogP contribution in [0.2, 0.25) is 0 Å². The van der Waals surface area contributed by atoms with E-state index in [1.54, 1.807) is 17.0 Å². The lowest BCUT2D eigenvalue weighted by atomic mass is 10.00. The molecule has 2 aromatic carbocycles. The Hall–Kier alpha value is -3.28. The normalized spacial score (nSPS) is 13.2. The van der Waals surface area contributed by atoms with E-state index in [0.29, 0.717) is 30.3 Å². The van der Waals surface area contributed by atoms with Gasteiger partial charge in [0, 0.05) is 18.8 Å². The minimum atomic E-state index is -0.300. The zero-order chi connectivity index (χ0) is 17.9. The first-order chi connectivity index (χ1) is 12.7. The first kappa shape index (κ1) is 16.2. The number of hydrogen-bond donors (Lipinski definition) is 1. The molecule has 6 heteroatoms. The van der Waals surface area contributed by atoms with E-state index in [0.717, 1.165) is 6.42 Å². The Balaban J connectivity index is 1.45. The van der Waals surface area contributed by atoms with E-state index >= 15 is 0 Å². The molecule has 5 nitrogen and oxygen atoms in total. The highest BCUT2D eigenvalue weighted by Gasteiger charge is 2.22. The number of nitrogens with zero attached hydrogens (tertiary/aromatic N) is 3. The molecule has 0 unspecified atom stereocenters. The molecule has 0 radical (unpaired) electrons. The Morgan fingerprint density at radius 1 is 1.00 bits per heavy atom. The monoisotopic (exact) mass is 348 g/mol. The van der Waals surface area contributed by atoms with Crippen molar-refractivity contribution < 1.29 is 9.18 Å². The summed E-state index contributed by atoms with van der Waals surface area (Å²) in [5.41, 5.74) is 3.48. The number of anilines is 2. The van der Waals surface area contributed by atoms with Crippen LogP contribution >= 0.6 is 0 Å². The number of fused-ring (bicyclic) bond motifs is 1. The first-order valence-corrected chi connectivity index (χ1v) is 8.40. The van der Waals surface area contributed by atoms with Crippen molar-refractivity contribution in [1.82, 2.24) is 14.9 Å². The molecule has 2 heterocycles. The van der Waals surface area contributed by atoms with Crippen LogP contribution in [0.5, 0.6) is 0 Å². The van der Waals surface area contributed by atoms with Crippen molar-refractivity contribution >= 4 is 17.4 Å². The van der Waals surface area contributed by atoms with Gasteiger partial charge in [0.1, 0.15) is 17.3 Å². The van der Waals surface area contributed by atoms with Gasteiger partial charge in [0.25, 0.3) is 5.91 Å². The number of carbonyl (C=O) groups excluding carboxylic acids is 1. The largest absolute Gasteiger partial charge is 0.339 e. The molecule has 4 rings (SSSR count). The first-order valence-electron chi connectivity index (χ1n) is 8.40. The summed E-state index contributed by atoms with van der Waals surface area (Å²) in [4.78, 5) is 22.9. The van der Waals surface area contributed by atoms with Crippen molar-refractivity contribution in [1.29, 1.82) is 0 Å². The highest BCUT2D eigenvalue weighted by Crippen LogP contribution is 2.20. The summed E-state index contributed by atoms with van der Waals surface area (Å²) in [5, 5.41) is 3.02. The van der Waals surface area contributed by atoms with Crippen molar-refractivity contribution in [2.24, 2.45) is 0 Å². The predicted molar refractivity (Wildman–Crippen MR) is 96.6 cm³/mol. The Labute approximate surface area is 150 Å². The second kappa shape index (κ2) is 6.92. The van der Waals surface area contributed by atoms with E-state index in [4.69, 9.17) is 0 Å². The van der Waals surface area contributed by atoms with Gasteiger partial charge in [-0.15, -0.1) is 0 Å². The van der Waals surface area contributed by atoms with Gasteiger partial charge in [0.15, 0.2) is 0 Å². The van der Waals surface area contributed by atoms with E-state index in [9.17, 15) is 9.18 Å². The van der Waals surface area contributed by atoms with Crippen molar-refractivity contribution in [2.45, 2.75) is 13.0 Å². The lowest BCUT2D eigenvalue weighted by Gasteiger charge is -2.28. The number of benzene rings is 2. The molecule has 0 atom stereocenters. The van der Waals surface area contributed by atoms with E-state index < -0.39 is 0 Å². The summed E-state index contributed by atoms with van der Waals surface area (Å²) in [7, 11) is 0. The van der Waals surface area contributed by atoms with Gasteiger partial charge in [0.05, 0.1) is 12.4 Å². The number of aromatic nitrogens is 2. The molecule has 0 aliphatic carbocycles. The third-order valence-electron chi connectivity index (χ3n) is 4.41. The molecule has 0 saturated heterocycles. The fraction of sp³-hybridized carbons (Fsp3) is 0.150. The molecule has 130 valence electrons. The molecule has 0 bridgehead atoms. The summed E-state index contributed by atoms with van der Waals surface area (Å²) in [6, 6.07) is 14.1. The highest BCUT2D eigenvalue weighted by molar-refractivity contribution is 5.92. The number of halogens is 1. The smallest absolute Gasteiger partial charge is 0.274 e. The Bertz CT molecular complexity index is 925. The summed E-state index contributed by atoms with van der Waals surface area (Å²) in [5.74, 6) is 0.0724. The Kier molecular flexibility index (Phi) is 4.31. The summed E-state index contributed by atoms with van der Waals surface area (Å²) < 4.78 is 12.9. The van der Waals surface area contributed by atoms with Gasteiger partial charge in [-0.2, -0.15) is 0 Å². The Morgan fingerprint density at radius 2 is 1.77 bits per heavy atom. The SMILES string of the molecule is O=C(c1cnc(Nc2ccc(F)cc2)cn1)N1CCc2ccccc2C1. The van der Waals surface area contributed by atoms with Gasteiger partial charge in [-0.3, -0.25) is 4.79 Å². The minimum Gasteiger partial charge on any atom is -0.339 e. The van der Waals surface area contributed by atoms with Gasteiger partial charge in [-0.1, -0.05) is 24.3 Å². The van der Waals surface area contributed by atoms with Crippen LogP contribution in [0.4, 0.5) is 15.9 Å². The topological polar surface area (TPSA) is 58.1 Å². The van der Waals surface area contributed by atoms with Gasteiger partial charge >= 0.3 is 0 Å². The van der Waals surface area contributed by atoms with Gasteiger partial charge < -0.3 is 10.2 Å². The highest BCUT2D eigenvalue weighted by atomic mass is 19.1. The molecule has 1 aliphatic rings. The van der Waals surface area contributed by atoms with Crippen LogP contribution in [-0.2, 0) is 13.0 Å². The minimum absolute atomic E-state index is 0.125. The summed E-state index contributed by atoms with van der Waals surface area (Å²) in [6.07, 6.45) is 3.82. The third-order valence-corrected chi connectivity index (χ3v) is 4.41. The van der Waals surface area contributed by atoms with Crippen LogP contribution in [-0.4, -0.2) is 27.3 Å². The van der Waals surface area contributed by atoms with Crippen LogP contribution in [0.3, 0.4) is 0 Å². The average molecular weight is 348 g/mol. The fourth-order valence-electron chi connectivity index (χ4n) is 3.02. The lowest BCUT2D eigenvalue weighted by Crippen LogP contribution is -2.36. The van der Waals surface area contributed by atoms with Crippen LogP contribution in [0.1, 0.15) is 21.6 Å². The summed E-state index contributed by atoms with van der Waals surface area (Å²) in [6.45, 7) is 1.26. The maximum Gasteiger partial charge on any atom is 0.274 e. The predicted octanol–water partition coefficient (Wildman–Crippen LogP) is 3.56. The Morgan fingerprint density at radius 3 is 2.50 bits per heavy atom. The quantitative estimate of drug-likeness (QED) is 0.786. The molecule has 0 saturated carbocycles.